The molecule has 4 rings (SSSR count). The molecule has 2 fully saturated rings. The molecule has 0 spiro atoms. The predicted molar refractivity (Wildman–Crippen MR) is 116 cm³/mol. The Kier molecular flexibility index (Phi) is 5.87. The van der Waals surface area contributed by atoms with Crippen molar-refractivity contribution < 1.29 is 14.3 Å². The summed E-state index contributed by atoms with van der Waals surface area (Å²) in [5.41, 5.74) is 2.35. The number of piperidine rings is 1. The molecule has 6 nitrogen and oxygen atoms in total. The van der Waals surface area contributed by atoms with Crippen LogP contribution in [0.15, 0.2) is 30.5 Å². The number of benzene rings is 1. The van der Waals surface area contributed by atoms with Crippen molar-refractivity contribution in [2.75, 3.05) is 6.54 Å². The lowest BCUT2D eigenvalue weighted by atomic mass is 10.0. The molecule has 2 amide bonds. The number of carbonyl (C=O) groups is 2. The van der Waals surface area contributed by atoms with Gasteiger partial charge in [-0.05, 0) is 76.3 Å². The van der Waals surface area contributed by atoms with E-state index in [1.165, 1.54) is 6.42 Å². The van der Waals surface area contributed by atoms with Crippen molar-refractivity contribution >= 4 is 11.8 Å². The number of fused-ring (bicyclic) bond motifs is 1. The smallest absolute Gasteiger partial charge is 0.255 e. The van der Waals surface area contributed by atoms with Crippen LogP contribution in [0.4, 0.5) is 0 Å². The van der Waals surface area contributed by atoms with Gasteiger partial charge in [0.25, 0.3) is 5.91 Å². The second-order valence-electron chi connectivity index (χ2n) is 8.98. The van der Waals surface area contributed by atoms with Crippen molar-refractivity contribution in [3.05, 3.63) is 41.6 Å². The van der Waals surface area contributed by atoms with E-state index in [0.717, 1.165) is 36.4 Å². The number of nitrogens with zero attached hydrogens (tertiary/aromatic N) is 2. The first-order valence-electron chi connectivity index (χ1n) is 11.2. The lowest BCUT2D eigenvalue weighted by molar-refractivity contribution is -0.126. The zero-order valence-electron chi connectivity index (χ0n) is 18.3. The Morgan fingerprint density at radius 3 is 2.77 bits per heavy atom. The molecular weight excluding hydrogens is 378 g/mol. The van der Waals surface area contributed by atoms with Crippen LogP contribution in [0.1, 0.15) is 68.8 Å². The molecule has 1 aliphatic carbocycles. The van der Waals surface area contributed by atoms with Crippen LogP contribution in [0.25, 0.3) is 0 Å². The fraction of sp³-hybridized carbons (Fsp3) is 0.583. The van der Waals surface area contributed by atoms with Gasteiger partial charge in [0, 0.05) is 29.9 Å². The maximum atomic E-state index is 12.9. The molecule has 30 heavy (non-hydrogen) atoms. The molecule has 0 radical (unpaired) electrons. The number of hydrogen-bond acceptors (Lipinski definition) is 4. The summed E-state index contributed by atoms with van der Waals surface area (Å²) < 4.78 is 6.43. The van der Waals surface area contributed by atoms with E-state index >= 15 is 0 Å². The van der Waals surface area contributed by atoms with Crippen molar-refractivity contribution in [2.45, 2.75) is 83.6 Å². The number of nitrogens with one attached hydrogen (secondary N) is 1. The monoisotopic (exact) mass is 411 g/mol. The quantitative estimate of drug-likeness (QED) is 0.779. The zero-order valence-corrected chi connectivity index (χ0v) is 18.3. The van der Waals surface area contributed by atoms with Crippen molar-refractivity contribution in [3.8, 4) is 5.75 Å². The number of allylic oxidation sites excluding steroid dienone is 1. The second-order valence-corrected chi connectivity index (χ2v) is 8.98. The third-order valence-electron chi connectivity index (χ3n) is 6.77. The lowest BCUT2D eigenvalue weighted by Gasteiger charge is -2.35. The van der Waals surface area contributed by atoms with Gasteiger partial charge in [-0.15, -0.1) is 0 Å². The van der Waals surface area contributed by atoms with Gasteiger partial charge in [0.2, 0.25) is 5.91 Å². The van der Waals surface area contributed by atoms with Crippen LogP contribution in [0.3, 0.4) is 0 Å². The normalized spacial score (nSPS) is 26.5. The molecule has 162 valence electrons. The molecule has 1 aromatic carbocycles. The second kappa shape index (κ2) is 8.42. The number of carbonyl (C=O) groups excluding carboxylic acids is 2. The van der Waals surface area contributed by atoms with E-state index < -0.39 is 6.04 Å². The van der Waals surface area contributed by atoms with E-state index in [9.17, 15) is 9.59 Å². The fourth-order valence-corrected chi connectivity index (χ4v) is 5.28. The molecule has 3 aliphatic rings. The summed E-state index contributed by atoms with van der Waals surface area (Å²) in [6.07, 6.45) is 4.90. The van der Waals surface area contributed by atoms with Crippen LogP contribution in [-0.4, -0.2) is 52.4 Å². The summed E-state index contributed by atoms with van der Waals surface area (Å²) in [5, 5.41) is 2.79. The van der Waals surface area contributed by atoms with Crippen LogP contribution in [0.2, 0.25) is 0 Å². The Hall–Kier alpha value is -2.34. The van der Waals surface area contributed by atoms with Gasteiger partial charge in [0.15, 0.2) is 0 Å². The Morgan fingerprint density at radius 1 is 1.27 bits per heavy atom. The highest BCUT2D eigenvalue weighted by Crippen LogP contribution is 2.33. The number of ether oxygens (including phenoxy) is 1. The minimum absolute atomic E-state index is 0.0695. The molecule has 2 heterocycles. The lowest BCUT2D eigenvalue weighted by Crippen LogP contribution is -2.49. The summed E-state index contributed by atoms with van der Waals surface area (Å²) in [6, 6.07) is 6.26. The highest BCUT2D eigenvalue weighted by molar-refractivity contribution is 6.01. The average molecular weight is 412 g/mol. The first kappa shape index (κ1) is 20.9. The van der Waals surface area contributed by atoms with Gasteiger partial charge in [-0.25, -0.2) is 0 Å². The fourth-order valence-electron chi connectivity index (χ4n) is 5.28. The molecule has 0 aromatic heterocycles. The highest BCUT2D eigenvalue weighted by atomic mass is 16.5. The molecule has 1 aromatic rings. The average Bonchev–Trinajstić information content (AvgIpc) is 3.27. The van der Waals surface area contributed by atoms with Gasteiger partial charge in [0.1, 0.15) is 17.9 Å². The molecule has 1 N–H and O–H groups in total. The van der Waals surface area contributed by atoms with E-state index in [1.807, 2.05) is 18.2 Å². The molecular formula is C24H33N3O3. The maximum absolute atomic E-state index is 12.9. The molecule has 1 saturated carbocycles. The third-order valence-corrected chi connectivity index (χ3v) is 6.77. The Labute approximate surface area is 179 Å². The van der Waals surface area contributed by atoms with Gasteiger partial charge in [0.05, 0.1) is 0 Å². The number of amides is 2. The minimum Gasteiger partial charge on any atom is -0.489 e. The van der Waals surface area contributed by atoms with Gasteiger partial charge < -0.3 is 15.0 Å². The number of likely N-dealkylation sites (N-methyl/N-ethyl adjacent to an activating group) is 1. The molecule has 1 saturated heterocycles. The Bertz CT molecular complexity index is 850. The molecule has 2 aliphatic heterocycles. The molecule has 0 bridgehead atoms. The largest absolute Gasteiger partial charge is 0.489 e. The van der Waals surface area contributed by atoms with Gasteiger partial charge in [-0.3, -0.25) is 14.5 Å². The Balaban J connectivity index is 1.48. The summed E-state index contributed by atoms with van der Waals surface area (Å²) in [4.78, 5) is 29.5. The van der Waals surface area contributed by atoms with E-state index in [4.69, 9.17) is 4.74 Å². The number of rotatable bonds is 6. The van der Waals surface area contributed by atoms with Crippen LogP contribution < -0.4 is 10.1 Å². The predicted octanol–water partition coefficient (Wildman–Crippen LogP) is 3.46. The molecule has 6 heteroatoms. The number of hydrogen-bond donors (Lipinski definition) is 1. The SMILES string of the molecule is C=C1CCC(N2Cc3cc(O[C@@H]4CCC[C@H]4N(CC)C(C)C)ccc3C2=O)C(=O)N1. The van der Waals surface area contributed by atoms with Gasteiger partial charge >= 0.3 is 0 Å². The van der Waals surface area contributed by atoms with Gasteiger partial charge in [-0.1, -0.05) is 13.5 Å². The van der Waals surface area contributed by atoms with Crippen LogP contribution >= 0.6 is 0 Å². The van der Waals surface area contributed by atoms with E-state index in [-0.39, 0.29) is 17.9 Å². The van der Waals surface area contributed by atoms with Crippen molar-refractivity contribution in [1.82, 2.24) is 15.1 Å². The zero-order chi connectivity index (χ0) is 21.4. The summed E-state index contributed by atoms with van der Waals surface area (Å²) in [7, 11) is 0. The topological polar surface area (TPSA) is 61.9 Å². The van der Waals surface area contributed by atoms with Crippen LogP contribution in [0, 0.1) is 0 Å². The molecule has 3 atom stereocenters. The molecule has 1 unspecified atom stereocenters. The van der Waals surface area contributed by atoms with Crippen molar-refractivity contribution in [1.29, 1.82) is 0 Å². The first-order chi connectivity index (χ1) is 14.4. The van der Waals surface area contributed by atoms with Gasteiger partial charge in [-0.2, -0.15) is 0 Å². The van der Waals surface area contributed by atoms with Crippen LogP contribution in [-0.2, 0) is 11.3 Å². The highest BCUT2D eigenvalue weighted by Gasteiger charge is 2.39. The van der Waals surface area contributed by atoms with Crippen molar-refractivity contribution in [3.63, 3.8) is 0 Å². The summed E-state index contributed by atoms with van der Waals surface area (Å²) in [5.74, 6) is 0.618. The van der Waals surface area contributed by atoms with Crippen LogP contribution in [0.5, 0.6) is 5.75 Å². The Morgan fingerprint density at radius 2 is 2.07 bits per heavy atom. The first-order valence-corrected chi connectivity index (χ1v) is 11.2. The van der Waals surface area contributed by atoms with Crippen molar-refractivity contribution in [2.24, 2.45) is 0 Å². The van der Waals surface area contributed by atoms with E-state index in [0.29, 0.717) is 37.0 Å². The standard InChI is InChI=1S/C24H33N3O3/c1-5-26(15(2)3)20-7-6-8-22(20)30-18-10-11-19-17(13-18)14-27(24(19)29)21-12-9-16(4)25-23(21)28/h10-11,13,15,20-22H,4-9,12,14H2,1-3H3,(H,25,28)/t20-,21?,22-/m1/s1. The van der Waals surface area contributed by atoms with E-state index in [2.05, 4.69) is 37.6 Å². The summed E-state index contributed by atoms with van der Waals surface area (Å²) >= 11 is 0. The maximum Gasteiger partial charge on any atom is 0.255 e. The van der Waals surface area contributed by atoms with E-state index in [1.54, 1.807) is 4.90 Å². The third kappa shape index (κ3) is 3.85. The minimum atomic E-state index is -0.428. The summed E-state index contributed by atoms with van der Waals surface area (Å²) in [6.45, 7) is 12.0.